The smallest absolute Gasteiger partial charge is 0.261 e. The fourth-order valence-corrected chi connectivity index (χ4v) is 2.25. The number of aromatic hydroxyl groups is 1. The van der Waals surface area contributed by atoms with Crippen molar-refractivity contribution in [3.63, 3.8) is 0 Å². The van der Waals surface area contributed by atoms with E-state index < -0.39 is 6.10 Å². The van der Waals surface area contributed by atoms with Gasteiger partial charge in [-0.3, -0.25) is 4.79 Å². The summed E-state index contributed by atoms with van der Waals surface area (Å²) in [5.41, 5.74) is 2.71. The second-order valence-corrected chi connectivity index (χ2v) is 4.67. The number of hydrogen-bond acceptors (Lipinski definition) is 3. The molecule has 0 saturated heterocycles. The van der Waals surface area contributed by atoms with Crippen molar-refractivity contribution in [2.75, 3.05) is 6.54 Å². The van der Waals surface area contributed by atoms with Crippen LogP contribution in [-0.4, -0.2) is 23.7 Å². The van der Waals surface area contributed by atoms with Crippen LogP contribution in [0.5, 0.6) is 11.5 Å². The molecule has 1 amide bonds. The highest BCUT2D eigenvalue weighted by Crippen LogP contribution is 2.37. The number of benzene rings is 1. The van der Waals surface area contributed by atoms with Crippen molar-refractivity contribution in [2.24, 2.45) is 0 Å². The lowest BCUT2D eigenvalue weighted by atomic mass is 9.96. The van der Waals surface area contributed by atoms with Gasteiger partial charge in [0.25, 0.3) is 5.91 Å². The lowest BCUT2D eigenvalue weighted by Gasteiger charge is -2.27. The molecule has 0 aromatic heterocycles. The SMILES string of the molecule is CCNC(=O)C1CCc2cc(O)c(C)c(C)c2O1. The maximum absolute atomic E-state index is 11.8. The zero-order chi connectivity index (χ0) is 13.3. The summed E-state index contributed by atoms with van der Waals surface area (Å²) < 4.78 is 5.79. The van der Waals surface area contributed by atoms with Crippen LogP contribution in [0.15, 0.2) is 6.07 Å². The number of rotatable bonds is 2. The average Bonchev–Trinajstić information content (AvgIpc) is 2.36. The van der Waals surface area contributed by atoms with Gasteiger partial charge in [-0.25, -0.2) is 0 Å². The number of carbonyl (C=O) groups excluding carboxylic acids is 1. The quantitative estimate of drug-likeness (QED) is 0.840. The third-order valence-corrected chi connectivity index (χ3v) is 3.47. The molecule has 1 aliphatic rings. The van der Waals surface area contributed by atoms with Gasteiger partial charge in [-0.1, -0.05) is 0 Å². The van der Waals surface area contributed by atoms with Gasteiger partial charge in [0.2, 0.25) is 0 Å². The highest BCUT2D eigenvalue weighted by molar-refractivity contribution is 5.81. The van der Waals surface area contributed by atoms with Crippen molar-refractivity contribution < 1.29 is 14.6 Å². The van der Waals surface area contributed by atoms with E-state index in [9.17, 15) is 9.90 Å². The van der Waals surface area contributed by atoms with Crippen LogP contribution in [0.2, 0.25) is 0 Å². The van der Waals surface area contributed by atoms with Crippen molar-refractivity contribution in [3.8, 4) is 11.5 Å². The molecule has 2 N–H and O–H groups in total. The Kier molecular flexibility index (Phi) is 3.45. The Hall–Kier alpha value is -1.71. The molecular weight excluding hydrogens is 230 g/mol. The Morgan fingerprint density at radius 2 is 2.22 bits per heavy atom. The van der Waals surface area contributed by atoms with Crippen LogP contribution >= 0.6 is 0 Å². The predicted molar refractivity (Wildman–Crippen MR) is 69.0 cm³/mol. The number of nitrogens with one attached hydrogen (secondary N) is 1. The number of phenolic OH excluding ortho intramolecular Hbond substituents is 1. The lowest BCUT2D eigenvalue weighted by molar-refractivity contribution is -0.128. The number of ether oxygens (including phenoxy) is 1. The Morgan fingerprint density at radius 3 is 2.89 bits per heavy atom. The van der Waals surface area contributed by atoms with Crippen LogP contribution < -0.4 is 10.1 Å². The molecule has 0 spiro atoms. The van der Waals surface area contributed by atoms with Crippen LogP contribution in [0.3, 0.4) is 0 Å². The molecule has 4 heteroatoms. The van der Waals surface area contributed by atoms with Gasteiger partial charge in [0, 0.05) is 6.54 Å². The van der Waals surface area contributed by atoms with Gasteiger partial charge >= 0.3 is 0 Å². The maximum atomic E-state index is 11.8. The molecule has 1 aromatic rings. The van der Waals surface area contributed by atoms with Crippen LogP contribution in [0, 0.1) is 13.8 Å². The summed E-state index contributed by atoms with van der Waals surface area (Å²) in [7, 11) is 0. The van der Waals surface area contributed by atoms with Crippen molar-refractivity contribution in [3.05, 3.63) is 22.8 Å². The van der Waals surface area contributed by atoms with Gasteiger partial charge < -0.3 is 15.2 Å². The fourth-order valence-electron chi connectivity index (χ4n) is 2.25. The summed E-state index contributed by atoms with van der Waals surface area (Å²) in [6, 6.07) is 1.74. The van der Waals surface area contributed by atoms with E-state index in [-0.39, 0.29) is 5.91 Å². The van der Waals surface area contributed by atoms with Gasteiger partial charge in [0.1, 0.15) is 11.5 Å². The van der Waals surface area contributed by atoms with E-state index in [2.05, 4.69) is 5.32 Å². The lowest BCUT2D eigenvalue weighted by Crippen LogP contribution is -2.40. The molecule has 1 aliphatic heterocycles. The molecule has 0 fully saturated rings. The topological polar surface area (TPSA) is 58.6 Å². The van der Waals surface area contributed by atoms with Crippen LogP contribution in [0.1, 0.15) is 30.0 Å². The molecule has 1 heterocycles. The van der Waals surface area contributed by atoms with Crippen molar-refractivity contribution >= 4 is 5.91 Å². The molecular formula is C14H19NO3. The van der Waals surface area contributed by atoms with Gasteiger partial charge in [-0.15, -0.1) is 0 Å². The van der Waals surface area contributed by atoms with Gasteiger partial charge in [-0.05, 0) is 56.4 Å². The van der Waals surface area contributed by atoms with Crippen LogP contribution in [0.4, 0.5) is 0 Å². The highest BCUT2D eigenvalue weighted by Gasteiger charge is 2.27. The van der Waals surface area contributed by atoms with E-state index in [1.807, 2.05) is 20.8 Å². The number of aryl methyl sites for hydroxylation is 1. The van der Waals surface area contributed by atoms with Gasteiger partial charge in [-0.2, -0.15) is 0 Å². The molecule has 2 rings (SSSR count). The molecule has 18 heavy (non-hydrogen) atoms. The number of amides is 1. The molecule has 0 bridgehead atoms. The minimum Gasteiger partial charge on any atom is -0.508 e. The second kappa shape index (κ2) is 4.88. The number of carbonyl (C=O) groups is 1. The first-order valence-corrected chi connectivity index (χ1v) is 6.31. The third-order valence-electron chi connectivity index (χ3n) is 3.47. The van der Waals surface area contributed by atoms with Gasteiger partial charge in [0.15, 0.2) is 6.10 Å². The molecule has 0 aliphatic carbocycles. The third kappa shape index (κ3) is 2.15. The number of fused-ring (bicyclic) bond motifs is 1. The monoisotopic (exact) mass is 249 g/mol. The Balaban J connectivity index is 2.29. The predicted octanol–water partition coefficient (Wildman–Crippen LogP) is 1.84. The summed E-state index contributed by atoms with van der Waals surface area (Å²) in [4.78, 5) is 11.8. The zero-order valence-corrected chi connectivity index (χ0v) is 11.0. The maximum Gasteiger partial charge on any atom is 0.261 e. The summed E-state index contributed by atoms with van der Waals surface area (Å²) in [5.74, 6) is 0.993. The summed E-state index contributed by atoms with van der Waals surface area (Å²) in [6.07, 6.45) is 0.993. The number of likely N-dealkylation sites (N-methyl/N-ethyl adjacent to an activating group) is 1. The van der Waals surface area contributed by atoms with E-state index in [1.54, 1.807) is 6.07 Å². The Labute approximate surface area is 107 Å². The average molecular weight is 249 g/mol. The van der Waals surface area contributed by atoms with Crippen molar-refractivity contribution in [1.29, 1.82) is 0 Å². The van der Waals surface area contributed by atoms with E-state index in [0.717, 1.165) is 28.9 Å². The van der Waals surface area contributed by atoms with Crippen LogP contribution in [-0.2, 0) is 11.2 Å². The first-order valence-electron chi connectivity index (χ1n) is 6.31. The van der Waals surface area contributed by atoms with Gasteiger partial charge in [0.05, 0.1) is 0 Å². The first-order chi connectivity index (χ1) is 8.54. The Morgan fingerprint density at radius 1 is 1.50 bits per heavy atom. The fraction of sp³-hybridized carbons (Fsp3) is 0.500. The molecule has 1 aromatic carbocycles. The summed E-state index contributed by atoms with van der Waals surface area (Å²) in [6.45, 7) is 6.26. The molecule has 98 valence electrons. The minimum absolute atomic E-state index is 0.0618. The van der Waals surface area contributed by atoms with E-state index in [1.165, 1.54) is 0 Å². The zero-order valence-electron chi connectivity index (χ0n) is 11.0. The molecule has 4 nitrogen and oxygen atoms in total. The summed E-state index contributed by atoms with van der Waals surface area (Å²) in [5, 5.41) is 12.6. The largest absolute Gasteiger partial charge is 0.508 e. The van der Waals surface area contributed by atoms with Crippen LogP contribution in [0.25, 0.3) is 0 Å². The second-order valence-electron chi connectivity index (χ2n) is 4.67. The normalized spacial score (nSPS) is 17.8. The standard InChI is InChI=1S/C14H19NO3/c1-4-15-14(17)12-6-5-10-7-11(16)8(2)9(3)13(10)18-12/h7,12,16H,4-6H2,1-3H3,(H,15,17). The molecule has 0 saturated carbocycles. The molecule has 1 atom stereocenters. The van der Waals surface area contributed by atoms with E-state index in [4.69, 9.17) is 4.74 Å². The van der Waals surface area contributed by atoms with E-state index in [0.29, 0.717) is 18.7 Å². The molecule has 1 unspecified atom stereocenters. The van der Waals surface area contributed by atoms with E-state index >= 15 is 0 Å². The number of phenols is 1. The van der Waals surface area contributed by atoms with Crippen molar-refractivity contribution in [2.45, 2.75) is 39.7 Å². The minimum atomic E-state index is -0.417. The first kappa shape index (κ1) is 12.7. The number of hydrogen-bond donors (Lipinski definition) is 2. The van der Waals surface area contributed by atoms with Crippen molar-refractivity contribution in [1.82, 2.24) is 5.32 Å². The summed E-state index contributed by atoms with van der Waals surface area (Å²) >= 11 is 0. The Bertz CT molecular complexity index is 482. The highest BCUT2D eigenvalue weighted by atomic mass is 16.5. The molecule has 0 radical (unpaired) electrons.